The molecular formula is C13H21NOS2. The van der Waals surface area contributed by atoms with Gasteiger partial charge in [0, 0.05) is 11.3 Å². The molecule has 0 bridgehead atoms. The molecule has 1 N–H and O–H groups in total. The maximum atomic E-state index is 10.1. The van der Waals surface area contributed by atoms with Gasteiger partial charge in [0.1, 0.15) is 0 Å². The molecule has 17 heavy (non-hydrogen) atoms. The molecule has 1 unspecified atom stereocenters. The topological polar surface area (TPSA) is 33.1 Å². The third-order valence-corrected chi connectivity index (χ3v) is 5.57. The number of aryl methyl sites for hydroxylation is 2. The standard InChI is InChI=1S/C13H21NOS2/c1-9-10(2)17-13(14-9)8-12(15)7-11-3-5-16-6-4-11/h11-12,15H,3-8H2,1-2H3. The highest BCUT2D eigenvalue weighted by Gasteiger charge is 2.19. The molecule has 1 saturated heterocycles. The lowest BCUT2D eigenvalue weighted by Crippen LogP contribution is -2.19. The third-order valence-electron chi connectivity index (χ3n) is 3.43. The van der Waals surface area contributed by atoms with Gasteiger partial charge in [-0.15, -0.1) is 11.3 Å². The smallest absolute Gasteiger partial charge is 0.0956 e. The molecular weight excluding hydrogens is 250 g/mol. The first-order chi connectivity index (χ1) is 8.15. The highest BCUT2D eigenvalue weighted by atomic mass is 32.2. The molecule has 2 nitrogen and oxygen atoms in total. The van der Waals surface area contributed by atoms with Crippen molar-refractivity contribution >= 4 is 23.1 Å². The number of thioether (sulfide) groups is 1. The van der Waals surface area contributed by atoms with Crippen LogP contribution < -0.4 is 0 Å². The number of nitrogens with zero attached hydrogens (tertiary/aromatic N) is 1. The van der Waals surface area contributed by atoms with Crippen molar-refractivity contribution in [2.45, 2.75) is 45.6 Å². The van der Waals surface area contributed by atoms with Gasteiger partial charge in [-0.05, 0) is 50.5 Å². The maximum absolute atomic E-state index is 10.1. The summed E-state index contributed by atoms with van der Waals surface area (Å²) in [6, 6.07) is 0. The number of hydrogen-bond acceptors (Lipinski definition) is 4. The van der Waals surface area contributed by atoms with E-state index in [-0.39, 0.29) is 6.10 Å². The molecule has 0 radical (unpaired) electrons. The molecule has 0 spiro atoms. The minimum Gasteiger partial charge on any atom is -0.393 e. The van der Waals surface area contributed by atoms with Crippen molar-refractivity contribution in [1.82, 2.24) is 4.98 Å². The Hall–Kier alpha value is -0.0600. The lowest BCUT2D eigenvalue weighted by atomic mass is 9.94. The third kappa shape index (κ3) is 3.97. The van der Waals surface area contributed by atoms with Crippen LogP contribution in [0.4, 0.5) is 0 Å². The minimum absolute atomic E-state index is 0.201. The molecule has 2 heterocycles. The number of rotatable bonds is 4. The molecule has 4 heteroatoms. The Morgan fingerprint density at radius 1 is 1.35 bits per heavy atom. The largest absolute Gasteiger partial charge is 0.393 e. The molecule has 0 saturated carbocycles. The zero-order valence-electron chi connectivity index (χ0n) is 10.6. The highest BCUT2D eigenvalue weighted by Crippen LogP contribution is 2.27. The van der Waals surface area contributed by atoms with Crippen LogP contribution >= 0.6 is 23.1 Å². The average Bonchev–Trinajstić information content (AvgIpc) is 2.59. The van der Waals surface area contributed by atoms with Gasteiger partial charge in [-0.3, -0.25) is 0 Å². The Labute approximate surface area is 112 Å². The first-order valence-electron chi connectivity index (χ1n) is 6.34. The maximum Gasteiger partial charge on any atom is 0.0956 e. The Morgan fingerprint density at radius 3 is 2.65 bits per heavy atom. The summed E-state index contributed by atoms with van der Waals surface area (Å²) in [7, 11) is 0. The first kappa shape index (κ1) is 13.4. The van der Waals surface area contributed by atoms with Crippen molar-refractivity contribution in [3.63, 3.8) is 0 Å². The van der Waals surface area contributed by atoms with Gasteiger partial charge < -0.3 is 5.11 Å². The summed E-state index contributed by atoms with van der Waals surface area (Å²) in [4.78, 5) is 5.78. The highest BCUT2D eigenvalue weighted by molar-refractivity contribution is 7.99. The Morgan fingerprint density at radius 2 is 2.06 bits per heavy atom. The number of hydrogen-bond donors (Lipinski definition) is 1. The fourth-order valence-electron chi connectivity index (χ4n) is 2.28. The van der Waals surface area contributed by atoms with E-state index in [4.69, 9.17) is 0 Å². The van der Waals surface area contributed by atoms with Crippen LogP contribution in [0.1, 0.15) is 34.8 Å². The van der Waals surface area contributed by atoms with Crippen LogP contribution in [-0.4, -0.2) is 27.7 Å². The lowest BCUT2D eigenvalue weighted by Gasteiger charge is -2.23. The van der Waals surface area contributed by atoms with E-state index in [2.05, 4.69) is 11.9 Å². The van der Waals surface area contributed by atoms with Crippen LogP contribution in [-0.2, 0) is 6.42 Å². The van der Waals surface area contributed by atoms with Crippen LogP contribution in [0.5, 0.6) is 0 Å². The van der Waals surface area contributed by atoms with Crippen LogP contribution in [0.15, 0.2) is 0 Å². The summed E-state index contributed by atoms with van der Waals surface area (Å²) < 4.78 is 0. The molecule has 0 amide bonds. The van der Waals surface area contributed by atoms with Crippen molar-refractivity contribution in [2.75, 3.05) is 11.5 Å². The van der Waals surface area contributed by atoms with Crippen molar-refractivity contribution in [3.05, 3.63) is 15.6 Å². The van der Waals surface area contributed by atoms with Gasteiger partial charge in [0.05, 0.1) is 16.8 Å². The molecule has 1 atom stereocenters. The molecule has 96 valence electrons. The van der Waals surface area contributed by atoms with Gasteiger partial charge in [-0.25, -0.2) is 4.98 Å². The minimum atomic E-state index is -0.201. The second kappa shape index (κ2) is 6.21. The summed E-state index contributed by atoms with van der Waals surface area (Å²) in [6.45, 7) is 4.14. The normalized spacial score (nSPS) is 19.5. The second-order valence-electron chi connectivity index (χ2n) is 4.90. The monoisotopic (exact) mass is 271 g/mol. The number of thiazole rings is 1. The predicted molar refractivity (Wildman–Crippen MR) is 76.0 cm³/mol. The second-order valence-corrected chi connectivity index (χ2v) is 7.41. The fraction of sp³-hybridized carbons (Fsp3) is 0.769. The van der Waals surface area contributed by atoms with E-state index in [1.807, 2.05) is 18.7 Å². The summed E-state index contributed by atoms with van der Waals surface area (Å²) in [5.74, 6) is 3.27. The van der Waals surface area contributed by atoms with E-state index in [0.29, 0.717) is 0 Å². The molecule has 1 fully saturated rings. The van der Waals surface area contributed by atoms with Gasteiger partial charge in [-0.2, -0.15) is 11.8 Å². The van der Waals surface area contributed by atoms with E-state index in [0.717, 1.165) is 29.5 Å². The molecule has 1 aromatic rings. The van der Waals surface area contributed by atoms with Gasteiger partial charge in [-0.1, -0.05) is 0 Å². The van der Waals surface area contributed by atoms with E-state index >= 15 is 0 Å². The fourth-order valence-corrected chi connectivity index (χ4v) is 4.49. The van der Waals surface area contributed by atoms with Gasteiger partial charge in [0.25, 0.3) is 0 Å². The van der Waals surface area contributed by atoms with Crippen LogP contribution in [0.2, 0.25) is 0 Å². The molecule has 2 rings (SSSR count). The van der Waals surface area contributed by atoms with Crippen LogP contribution in [0.25, 0.3) is 0 Å². The molecule has 1 aliphatic heterocycles. The Kier molecular flexibility index (Phi) is 4.88. The SMILES string of the molecule is Cc1nc(CC(O)CC2CCSCC2)sc1C. The zero-order valence-corrected chi connectivity index (χ0v) is 12.2. The quantitative estimate of drug-likeness (QED) is 0.913. The van der Waals surface area contributed by atoms with E-state index < -0.39 is 0 Å². The van der Waals surface area contributed by atoms with Crippen molar-refractivity contribution in [1.29, 1.82) is 0 Å². The molecule has 1 aliphatic rings. The number of aliphatic hydroxyl groups excluding tert-OH is 1. The van der Waals surface area contributed by atoms with Gasteiger partial charge in [0.15, 0.2) is 0 Å². The predicted octanol–water partition coefficient (Wildman–Crippen LogP) is 3.20. The van der Waals surface area contributed by atoms with Gasteiger partial charge >= 0.3 is 0 Å². The average molecular weight is 271 g/mol. The van der Waals surface area contributed by atoms with E-state index in [1.54, 1.807) is 11.3 Å². The molecule has 1 aromatic heterocycles. The van der Waals surface area contributed by atoms with E-state index in [9.17, 15) is 5.11 Å². The molecule has 0 aliphatic carbocycles. The summed E-state index contributed by atoms with van der Waals surface area (Å²) in [5.41, 5.74) is 1.12. The first-order valence-corrected chi connectivity index (χ1v) is 8.31. The van der Waals surface area contributed by atoms with Crippen molar-refractivity contribution in [3.8, 4) is 0 Å². The van der Waals surface area contributed by atoms with E-state index in [1.165, 1.54) is 29.2 Å². The van der Waals surface area contributed by atoms with Gasteiger partial charge in [0.2, 0.25) is 0 Å². The zero-order chi connectivity index (χ0) is 12.3. The van der Waals surface area contributed by atoms with Crippen molar-refractivity contribution in [2.24, 2.45) is 5.92 Å². The lowest BCUT2D eigenvalue weighted by molar-refractivity contribution is 0.139. The summed E-state index contributed by atoms with van der Waals surface area (Å²) >= 11 is 3.77. The van der Waals surface area contributed by atoms with Crippen molar-refractivity contribution < 1.29 is 5.11 Å². The summed E-state index contributed by atoms with van der Waals surface area (Å²) in [6.07, 6.45) is 4.05. The molecule has 0 aromatic carbocycles. The Balaban J connectivity index is 1.81. The van der Waals surface area contributed by atoms with Crippen LogP contribution in [0, 0.1) is 19.8 Å². The van der Waals surface area contributed by atoms with Crippen LogP contribution in [0.3, 0.4) is 0 Å². The summed E-state index contributed by atoms with van der Waals surface area (Å²) in [5, 5.41) is 11.2. The number of aromatic nitrogens is 1. The number of aliphatic hydroxyl groups is 1. The Bertz CT molecular complexity index is 339.